The van der Waals surface area contributed by atoms with Crippen LogP contribution in [0.2, 0.25) is 0 Å². The molecule has 0 radical (unpaired) electrons. The number of para-hydroxylation sites is 1. The zero-order valence-electron chi connectivity index (χ0n) is 8.82. The molecule has 15 heavy (non-hydrogen) atoms. The van der Waals surface area contributed by atoms with Crippen LogP contribution in [0.5, 0.6) is 0 Å². The fourth-order valence-corrected chi connectivity index (χ4v) is 1.17. The van der Waals surface area contributed by atoms with Gasteiger partial charge in [-0.2, -0.15) is 0 Å². The zero-order valence-corrected chi connectivity index (χ0v) is 8.82. The lowest BCUT2D eigenvalue weighted by Gasteiger charge is -2.03. The smallest absolute Gasteiger partial charge is 0.224 e. The Hall–Kier alpha value is -1.64. The van der Waals surface area contributed by atoms with Crippen molar-refractivity contribution in [3.8, 4) is 0 Å². The molecule has 0 aliphatic carbocycles. The van der Waals surface area contributed by atoms with Gasteiger partial charge in [0.15, 0.2) is 0 Å². The van der Waals surface area contributed by atoms with Gasteiger partial charge in [-0.3, -0.25) is 9.59 Å². The molecular formula is C12H15NO2. The van der Waals surface area contributed by atoms with Crippen LogP contribution >= 0.6 is 0 Å². The van der Waals surface area contributed by atoms with E-state index in [1.165, 1.54) is 0 Å². The molecule has 0 aliphatic rings. The number of carbonyl (C=O) groups is 2. The maximum atomic E-state index is 11.4. The number of hydrogen-bond acceptors (Lipinski definition) is 2. The number of anilines is 1. The number of benzene rings is 1. The standard InChI is InChI=1S/C12H15NO2/c1-2-11(14)8-9-12(15)13-10-6-4-3-5-7-10/h3-7H,2,8-9H2,1H3,(H,13,15). The van der Waals surface area contributed by atoms with Gasteiger partial charge in [0.05, 0.1) is 0 Å². The lowest BCUT2D eigenvalue weighted by Crippen LogP contribution is -2.12. The first-order valence-corrected chi connectivity index (χ1v) is 5.09. The summed E-state index contributed by atoms with van der Waals surface area (Å²) in [5.74, 6) is 0.0150. The minimum Gasteiger partial charge on any atom is -0.326 e. The Bertz CT molecular complexity index is 333. The summed E-state index contributed by atoms with van der Waals surface area (Å²) in [6, 6.07) is 9.23. The number of carbonyl (C=O) groups excluding carboxylic acids is 2. The van der Waals surface area contributed by atoms with Gasteiger partial charge < -0.3 is 5.32 Å². The van der Waals surface area contributed by atoms with Crippen LogP contribution in [0, 0.1) is 0 Å². The van der Waals surface area contributed by atoms with Gasteiger partial charge in [-0.1, -0.05) is 25.1 Å². The van der Waals surface area contributed by atoms with Crippen LogP contribution < -0.4 is 5.32 Å². The molecule has 1 aromatic rings. The molecule has 80 valence electrons. The fourth-order valence-electron chi connectivity index (χ4n) is 1.17. The second kappa shape index (κ2) is 5.96. The van der Waals surface area contributed by atoms with Crippen molar-refractivity contribution in [3.05, 3.63) is 30.3 Å². The first kappa shape index (κ1) is 11.4. The fraction of sp³-hybridized carbons (Fsp3) is 0.333. The van der Waals surface area contributed by atoms with Crippen molar-refractivity contribution >= 4 is 17.4 Å². The lowest BCUT2D eigenvalue weighted by atomic mass is 10.2. The maximum absolute atomic E-state index is 11.4. The quantitative estimate of drug-likeness (QED) is 0.802. The molecule has 0 unspecified atom stereocenters. The molecule has 3 nitrogen and oxygen atoms in total. The van der Waals surface area contributed by atoms with Crippen molar-refractivity contribution in [3.63, 3.8) is 0 Å². The highest BCUT2D eigenvalue weighted by Gasteiger charge is 2.05. The van der Waals surface area contributed by atoms with Crippen molar-refractivity contribution in [2.24, 2.45) is 0 Å². The first-order chi connectivity index (χ1) is 7.22. The molecule has 1 rings (SSSR count). The van der Waals surface area contributed by atoms with Crippen LogP contribution in [0.3, 0.4) is 0 Å². The van der Waals surface area contributed by atoms with E-state index in [9.17, 15) is 9.59 Å². The summed E-state index contributed by atoms with van der Waals surface area (Å²) < 4.78 is 0. The molecule has 0 saturated heterocycles. The summed E-state index contributed by atoms with van der Waals surface area (Å²) in [7, 11) is 0. The molecule has 0 aromatic heterocycles. The molecule has 1 N–H and O–H groups in total. The average Bonchev–Trinajstić information content (AvgIpc) is 2.27. The Morgan fingerprint density at radius 3 is 2.40 bits per heavy atom. The first-order valence-electron chi connectivity index (χ1n) is 5.09. The Morgan fingerprint density at radius 1 is 1.13 bits per heavy atom. The van der Waals surface area contributed by atoms with Crippen molar-refractivity contribution in [1.29, 1.82) is 0 Å². The maximum Gasteiger partial charge on any atom is 0.224 e. The Kier molecular flexibility index (Phi) is 4.54. The Balaban J connectivity index is 2.34. The second-order valence-corrected chi connectivity index (χ2v) is 3.31. The predicted octanol–water partition coefficient (Wildman–Crippen LogP) is 2.38. The van der Waals surface area contributed by atoms with E-state index in [4.69, 9.17) is 0 Å². The summed E-state index contributed by atoms with van der Waals surface area (Å²) in [6.07, 6.45) is 1.09. The van der Waals surface area contributed by atoms with Crippen LogP contribution in [0.15, 0.2) is 30.3 Å². The molecule has 0 saturated carbocycles. The van der Waals surface area contributed by atoms with Gasteiger partial charge in [0, 0.05) is 24.9 Å². The highest BCUT2D eigenvalue weighted by molar-refractivity contribution is 5.93. The van der Waals surface area contributed by atoms with E-state index >= 15 is 0 Å². The molecule has 0 spiro atoms. The van der Waals surface area contributed by atoms with Crippen molar-refractivity contribution < 1.29 is 9.59 Å². The minimum atomic E-state index is -0.108. The SMILES string of the molecule is CCC(=O)CCC(=O)Nc1ccccc1. The molecule has 0 aliphatic heterocycles. The Morgan fingerprint density at radius 2 is 1.80 bits per heavy atom. The van der Waals surface area contributed by atoms with E-state index in [0.29, 0.717) is 12.8 Å². The van der Waals surface area contributed by atoms with Crippen molar-refractivity contribution in [2.45, 2.75) is 26.2 Å². The van der Waals surface area contributed by atoms with Gasteiger partial charge >= 0.3 is 0 Å². The van der Waals surface area contributed by atoms with E-state index in [-0.39, 0.29) is 18.1 Å². The summed E-state index contributed by atoms with van der Waals surface area (Å²) in [5.41, 5.74) is 0.770. The van der Waals surface area contributed by atoms with Crippen LogP contribution in [-0.4, -0.2) is 11.7 Å². The number of Topliss-reactive ketones (excluding diaryl/α,β-unsaturated/α-hetero) is 1. The van der Waals surface area contributed by atoms with Crippen LogP contribution in [0.25, 0.3) is 0 Å². The Labute approximate surface area is 89.5 Å². The van der Waals surface area contributed by atoms with Gasteiger partial charge in [-0.05, 0) is 12.1 Å². The lowest BCUT2D eigenvalue weighted by molar-refractivity contribution is -0.122. The molecule has 3 heteroatoms. The normalized spacial score (nSPS) is 9.67. The predicted molar refractivity (Wildman–Crippen MR) is 59.6 cm³/mol. The van der Waals surface area contributed by atoms with Gasteiger partial charge in [0.1, 0.15) is 5.78 Å². The number of hydrogen-bond donors (Lipinski definition) is 1. The van der Waals surface area contributed by atoms with E-state index in [1.807, 2.05) is 30.3 Å². The topological polar surface area (TPSA) is 46.2 Å². The van der Waals surface area contributed by atoms with E-state index in [0.717, 1.165) is 5.69 Å². The number of rotatable bonds is 5. The van der Waals surface area contributed by atoms with Gasteiger partial charge in [0.2, 0.25) is 5.91 Å². The summed E-state index contributed by atoms with van der Waals surface area (Å²) in [6.45, 7) is 1.80. The third kappa shape index (κ3) is 4.40. The van der Waals surface area contributed by atoms with Crippen molar-refractivity contribution in [1.82, 2.24) is 0 Å². The van der Waals surface area contributed by atoms with Crippen LogP contribution in [-0.2, 0) is 9.59 Å². The summed E-state index contributed by atoms with van der Waals surface area (Å²) in [5, 5.41) is 2.73. The molecule has 1 amide bonds. The molecule has 0 heterocycles. The van der Waals surface area contributed by atoms with E-state index in [1.54, 1.807) is 6.92 Å². The summed E-state index contributed by atoms with van der Waals surface area (Å²) >= 11 is 0. The highest BCUT2D eigenvalue weighted by atomic mass is 16.2. The van der Waals surface area contributed by atoms with Gasteiger partial charge in [0.25, 0.3) is 0 Å². The number of nitrogens with one attached hydrogen (secondary N) is 1. The molecule has 0 fully saturated rings. The molecule has 0 bridgehead atoms. The largest absolute Gasteiger partial charge is 0.326 e. The van der Waals surface area contributed by atoms with Crippen LogP contribution in [0.1, 0.15) is 26.2 Å². The molecular weight excluding hydrogens is 190 g/mol. The van der Waals surface area contributed by atoms with Crippen molar-refractivity contribution in [2.75, 3.05) is 5.32 Å². The van der Waals surface area contributed by atoms with E-state index in [2.05, 4.69) is 5.32 Å². The number of ketones is 1. The highest BCUT2D eigenvalue weighted by Crippen LogP contribution is 2.06. The van der Waals surface area contributed by atoms with E-state index < -0.39 is 0 Å². The van der Waals surface area contributed by atoms with Gasteiger partial charge in [-0.15, -0.1) is 0 Å². The number of amides is 1. The van der Waals surface area contributed by atoms with Gasteiger partial charge in [-0.25, -0.2) is 0 Å². The zero-order chi connectivity index (χ0) is 11.1. The second-order valence-electron chi connectivity index (χ2n) is 3.31. The monoisotopic (exact) mass is 205 g/mol. The van der Waals surface area contributed by atoms with Crippen LogP contribution in [0.4, 0.5) is 5.69 Å². The molecule has 0 atom stereocenters. The molecule has 1 aromatic carbocycles. The average molecular weight is 205 g/mol. The third-order valence-electron chi connectivity index (χ3n) is 2.08. The summed E-state index contributed by atoms with van der Waals surface area (Å²) in [4.78, 5) is 22.4. The minimum absolute atomic E-state index is 0.108. The third-order valence-corrected chi connectivity index (χ3v) is 2.08.